The summed E-state index contributed by atoms with van der Waals surface area (Å²) < 4.78 is 14.5. The molecule has 14 atom stereocenters. The maximum Gasteiger partial charge on any atom is 0.157 e. The van der Waals surface area contributed by atoms with E-state index >= 15 is 0 Å². The molecule has 37 heavy (non-hydrogen) atoms. The van der Waals surface area contributed by atoms with E-state index in [1.165, 1.54) is 96.3 Å². The number of hydrogen-bond acceptors (Lipinski definition) is 4. The second-order valence-corrected chi connectivity index (χ2v) is 15.7. The Morgan fingerprint density at radius 3 is 1.51 bits per heavy atom. The van der Waals surface area contributed by atoms with Crippen LogP contribution >= 0.6 is 0 Å². The Morgan fingerprint density at radius 2 is 1.00 bits per heavy atom. The molecule has 5 heteroatoms. The summed E-state index contributed by atoms with van der Waals surface area (Å²) in [6.45, 7) is 6.09. The lowest BCUT2D eigenvalue weighted by molar-refractivity contribution is -0.258. The molecular weight excluding hydrogens is 455 g/mol. The first kappa shape index (κ1) is 23.6. The highest BCUT2D eigenvalue weighted by molar-refractivity contribution is 6.65. The summed E-state index contributed by atoms with van der Waals surface area (Å²) in [4.78, 5) is 6.48. The maximum absolute atomic E-state index is 7.24. The Bertz CT molecular complexity index is 834. The van der Waals surface area contributed by atoms with Gasteiger partial charge in [-0.15, -0.1) is 0 Å². The largest absolute Gasteiger partial charge is 0.372 e. The van der Waals surface area contributed by atoms with E-state index in [9.17, 15) is 0 Å². The second-order valence-electron chi connectivity index (χ2n) is 15.7. The Labute approximate surface area is 226 Å². The average Bonchev–Trinajstić information content (AvgIpc) is 2.91. The summed E-state index contributed by atoms with van der Waals surface area (Å²) in [6.07, 6.45) is 22.9. The lowest BCUT2D eigenvalue weighted by atomic mass is 9.18. The molecule has 14 unspecified atom stereocenters. The minimum atomic E-state index is 0.424. The van der Waals surface area contributed by atoms with Crippen LogP contribution in [-0.2, 0) is 9.47 Å². The van der Waals surface area contributed by atoms with Crippen LogP contribution in [0.25, 0.3) is 0 Å². The molecule has 4 nitrogen and oxygen atoms in total. The van der Waals surface area contributed by atoms with Crippen LogP contribution in [0.4, 0.5) is 0 Å². The quantitative estimate of drug-likeness (QED) is 0.368. The minimum absolute atomic E-state index is 0.424. The molecule has 5 saturated carbocycles. The number of rotatable bonds is 0. The third-order valence-corrected chi connectivity index (χ3v) is 14.0. The first-order valence-electron chi connectivity index (χ1n) is 17.0. The van der Waals surface area contributed by atoms with Gasteiger partial charge in [0, 0.05) is 42.7 Å². The maximum atomic E-state index is 7.24. The molecule has 9 rings (SSSR count). The molecule has 0 bridgehead atoms. The predicted octanol–water partition coefficient (Wildman–Crippen LogP) is 6.16. The third kappa shape index (κ3) is 3.30. The van der Waals surface area contributed by atoms with Gasteiger partial charge in [-0.05, 0) is 80.7 Å². The molecule has 4 saturated heterocycles. The molecule has 9 fully saturated rings. The highest BCUT2D eigenvalue weighted by Gasteiger charge is 2.71. The summed E-state index contributed by atoms with van der Waals surface area (Å²) in [5.41, 5.74) is 0. The van der Waals surface area contributed by atoms with Gasteiger partial charge in [-0.1, -0.05) is 52.4 Å². The average molecular weight is 507 g/mol. The normalized spacial score (nSPS) is 58.9. The van der Waals surface area contributed by atoms with Crippen LogP contribution in [0, 0.1) is 11.8 Å². The van der Waals surface area contributed by atoms with E-state index in [0.717, 1.165) is 48.1 Å². The highest BCUT2D eigenvalue weighted by atomic mass is 16.5. The van der Waals surface area contributed by atoms with Crippen molar-refractivity contribution in [1.29, 1.82) is 0 Å². The smallest absolute Gasteiger partial charge is 0.157 e. The zero-order valence-electron chi connectivity index (χ0n) is 23.6. The van der Waals surface area contributed by atoms with Crippen molar-refractivity contribution in [2.45, 2.75) is 188 Å². The van der Waals surface area contributed by atoms with Gasteiger partial charge in [0.15, 0.2) is 6.71 Å². The van der Waals surface area contributed by atoms with Crippen molar-refractivity contribution < 1.29 is 9.47 Å². The Hall–Kier alpha value is -0.0951. The topological polar surface area (TPSA) is 24.9 Å². The van der Waals surface area contributed by atoms with Crippen LogP contribution in [0.2, 0.25) is 17.5 Å². The number of nitrogens with zero attached hydrogens (tertiary/aromatic N) is 2. The van der Waals surface area contributed by atoms with Crippen molar-refractivity contribution >= 4 is 6.71 Å². The Balaban J connectivity index is 1.20. The van der Waals surface area contributed by atoms with Crippen molar-refractivity contribution in [1.82, 2.24) is 9.80 Å². The van der Waals surface area contributed by atoms with Gasteiger partial charge in [-0.2, -0.15) is 0 Å². The summed E-state index contributed by atoms with van der Waals surface area (Å²) >= 11 is 0. The number of fused-ring (bicyclic) bond motifs is 10. The molecule has 4 heterocycles. The van der Waals surface area contributed by atoms with Gasteiger partial charge in [0.25, 0.3) is 0 Å². The van der Waals surface area contributed by atoms with Crippen molar-refractivity contribution in [3.8, 4) is 0 Å². The molecule has 0 amide bonds. The van der Waals surface area contributed by atoms with Gasteiger partial charge in [0.2, 0.25) is 0 Å². The molecule has 0 spiro atoms. The molecule has 204 valence electrons. The minimum Gasteiger partial charge on any atom is -0.372 e. The molecule has 9 aliphatic rings. The summed E-state index contributed by atoms with van der Waals surface area (Å²) in [5.74, 6) is 4.47. The molecule has 5 aliphatic carbocycles. The summed E-state index contributed by atoms with van der Waals surface area (Å²) in [6, 6.07) is 4.43. The van der Waals surface area contributed by atoms with Gasteiger partial charge in [-0.3, -0.25) is 9.80 Å². The Kier molecular flexibility index (Phi) is 5.55. The lowest BCUT2D eigenvalue weighted by Crippen LogP contribution is -2.82. The molecule has 4 aliphatic heterocycles. The first-order chi connectivity index (χ1) is 18.2. The van der Waals surface area contributed by atoms with Crippen LogP contribution in [0.1, 0.15) is 110 Å². The van der Waals surface area contributed by atoms with Gasteiger partial charge in [0.05, 0.1) is 24.4 Å². The van der Waals surface area contributed by atoms with Gasteiger partial charge in [0.1, 0.15) is 0 Å². The van der Waals surface area contributed by atoms with Gasteiger partial charge >= 0.3 is 0 Å². The van der Waals surface area contributed by atoms with E-state index in [1.807, 2.05) is 0 Å². The van der Waals surface area contributed by atoms with Crippen molar-refractivity contribution in [2.75, 3.05) is 0 Å². The molecule has 0 aromatic carbocycles. The van der Waals surface area contributed by atoms with E-state index in [-0.39, 0.29) is 0 Å². The zero-order chi connectivity index (χ0) is 24.4. The van der Waals surface area contributed by atoms with Crippen LogP contribution in [-0.4, -0.2) is 77.2 Å². The fourth-order valence-electron chi connectivity index (χ4n) is 13.0. The third-order valence-electron chi connectivity index (χ3n) is 14.0. The predicted molar refractivity (Wildman–Crippen MR) is 148 cm³/mol. The summed E-state index contributed by atoms with van der Waals surface area (Å²) in [5, 5.41) is 0. The summed E-state index contributed by atoms with van der Waals surface area (Å²) in [7, 11) is 0. The molecule has 0 aromatic rings. The fourth-order valence-corrected chi connectivity index (χ4v) is 13.0. The standard InChI is InChI=1S/C32H51BN2O2/c1-18-11-13-22-20(15-18)33-21-16-19(2)12-14-23(21)35-25-8-4-6-10-27(25)37-29-17-28-31(30(33)32(29)35)34(22)24-7-3-5-9-26(24)36-28/h18-32H,3-17H2,1-2H3. The number of hydrogen-bond donors (Lipinski definition) is 0. The molecule has 0 aromatic heterocycles. The Morgan fingerprint density at radius 1 is 0.514 bits per heavy atom. The van der Waals surface area contributed by atoms with Gasteiger partial charge in [-0.25, -0.2) is 0 Å². The van der Waals surface area contributed by atoms with Crippen molar-refractivity contribution in [3.05, 3.63) is 0 Å². The van der Waals surface area contributed by atoms with Crippen molar-refractivity contribution in [3.63, 3.8) is 0 Å². The van der Waals surface area contributed by atoms with E-state index in [0.29, 0.717) is 48.6 Å². The van der Waals surface area contributed by atoms with Crippen molar-refractivity contribution in [2.24, 2.45) is 11.8 Å². The van der Waals surface area contributed by atoms with E-state index < -0.39 is 0 Å². The monoisotopic (exact) mass is 506 g/mol. The van der Waals surface area contributed by atoms with Crippen LogP contribution in [0.3, 0.4) is 0 Å². The van der Waals surface area contributed by atoms with E-state index in [4.69, 9.17) is 9.47 Å². The van der Waals surface area contributed by atoms with Crippen LogP contribution in [0.5, 0.6) is 0 Å². The van der Waals surface area contributed by atoms with E-state index in [1.54, 1.807) is 0 Å². The molecule has 0 N–H and O–H groups in total. The highest BCUT2D eigenvalue weighted by Crippen LogP contribution is 2.65. The second kappa shape index (κ2) is 8.70. The molecular formula is C32H51BN2O2. The number of ether oxygens (including phenoxy) is 2. The lowest BCUT2D eigenvalue weighted by Gasteiger charge is -2.74. The SMILES string of the molecule is CC1CCC2C(C1)B1C3CC(C)CCC3N3C4CCCCC4OC4CC5OC6CCCCC6N2C5C1C43. The van der Waals surface area contributed by atoms with Gasteiger partial charge < -0.3 is 9.47 Å². The fraction of sp³-hybridized carbons (Fsp3) is 1.00. The zero-order valence-corrected chi connectivity index (χ0v) is 23.6. The van der Waals surface area contributed by atoms with Crippen LogP contribution < -0.4 is 0 Å². The molecule has 0 radical (unpaired) electrons. The first-order valence-corrected chi connectivity index (χ1v) is 17.0. The van der Waals surface area contributed by atoms with Crippen LogP contribution in [0.15, 0.2) is 0 Å². The number of morpholine rings is 2. The van der Waals surface area contributed by atoms with E-state index in [2.05, 4.69) is 23.6 Å².